The normalized spacial score (nSPS) is 12.7. The number of carbonyl (C=O) groups is 1. The quantitative estimate of drug-likeness (QED) is 0.351. The van der Waals surface area contributed by atoms with Gasteiger partial charge in [-0.05, 0) is 54.6 Å². The maximum Gasteiger partial charge on any atom is 0.279 e. The van der Waals surface area contributed by atoms with Gasteiger partial charge in [-0.25, -0.2) is 22.0 Å². The Morgan fingerprint density at radius 2 is 1.65 bits per heavy atom. The molecular formula is C24H24N4O6S3. The third-order valence-corrected chi connectivity index (χ3v) is 9.33. The highest BCUT2D eigenvalue weighted by Crippen LogP contribution is 2.23. The van der Waals surface area contributed by atoms with Crippen molar-refractivity contribution in [2.75, 3.05) is 25.1 Å². The van der Waals surface area contributed by atoms with Crippen LogP contribution in [-0.4, -0.2) is 48.1 Å². The molecule has 0 spiro atoms. The fourth-order valence-electron chi connectivity index (χ4n) is 3.57. The number of sulfonamides is 2. The number of fused-ring (bicyclic) bond motifs is 1. The van der Waals surface area contributed by atoms with Crippen molar-refractivity contribution in [3.05, 3.63) is 83.2 Å². The molecule has 0 aliphatic rings. The Kier molecular flexibility index (Phi) is 7.62. The number of nitrogens with zero attached hydrogens (tertiary/aromatic N) is 3. The molecule has 0 aliphatic heterocycles. The molecule has 0 atom stereocenters. The Morgan fingerprint density at radius 1 is 1.00 bits per heavy atom. The number of ether oxygens (including phenoxy) is 1. The molecule has 0 radical (unpaired) electrons. The lowest BCUT2D eigenvalue weighted by atomic mass is 10.2. The summed E-state index contributed by atoms with van der Waals surface area (Å²) in [5.74, 6) is -0.579. The number of anilines is 1. The Hall–Kier alpha value is -3.36. The first-order valence-corrected chi connectivity index (χ1v) is 14.7. The highest BCUT2D eigenvalue weighted by Gasteiger charge is 2.21. The second-order valence-electron chi connectivity index (χ2n) is 7.95. The second kappa shape index (κ2) is 10.6. The zero-order valence-corrected chi connectivity index (χ0v) is 22.4. The molecule has 0 saturated carbocycles. The number of nitrogens with two attached hydrogens (primary N) is 1. The summed E-state index contributed by atoms with van der Waals surface area (Å²) in [4.78, 5) is 17.5. The molecule has 0 bridgehead atoms. The molecule has 194 valence electrons. The third-order valence-electron chi connectivity index (χ3n) is 5.58. The topological polar surface area (TPSA) is 141 Å². The average molecular weight is 561 g/mol. The van der Waals surface area contributed by atoms with E-state index in [1.165, 1.54) is 47.8 Å². The summed E-state index contributed by atoms with van der Waals surface area (Å²) in [6.45, 7) is 0.714. The second-order valence-corrected chi connectivity index (χ2v) is 12.5. The SMILES string of the molecule is COCCn1c(=NC(=O)c2ccc(S(=O)(=O)N(C)c3ccccc3)cc2)sc2cc(S(N)(=O)=O)ccc21. The van der Waals surface area contributed by atoms with Gasteiger partial charge in [0.1, 0.15) is 0 Å². The summed E-state index contributed by atoms with van der Waals surface area (Å²) in [5, 5.41) is 5.25. The molecule has 10 nitrogen and oxygen atoms in total. The highest BCUT2D eigenvalue weighted by molar-refractivity contribution is 7.92. The van der Waals surface area contributed by atoms with Gasteiger partial charge in [0.15, 0.2) is 4.80 Å². The predicted octanol–water partition coefficient (Wildman–Crippen LogP) is 2.56. The zero-order valence-electron chi connectivity index (χ0n) is 19.9. The molecule has 3 aromatic carbocycles. The summed E-state index contributed by atoms with van der Waals surface area (Å²) in [7, 11) is -4.72. The van der Waals surface area contributed by atoms with E-state index in [2.05, 4.69) is 4.99 Å². The third kappa shape index (κ3) is 5.65. The number of carbonyl (C=O) groups excluding carboxylic acids is 1. The van der Waals surface area contributed by atoms with Crippen LogP contribution >= 0.6 is 11.3 Å². The van der Waals surface area contributed by atoms with Crippen LogP contribution in [0.15, 0.2) is 87.6 Å². The molecule has 1 amide bonds. The van der Waals surface area contributed by atoms with Gasteiger partial charge in [0.05, 0.1) is 32.3 Å². The number of hydrogen-bond donors (Lipinski definition) is 1. The first-order chi connectivity index (χ1) is 17.5. The van der Waals surface area contributed by atoms with Crippen molar-refractivity contribution >= 4 is 53.2 Å². The van der Waals surface area contributed by atoms with Crippen molar-refractivity contribution in [3.8, 4) is 0 Å². The lowest BCUT2D eigenvalue weighted by Crippen LogP contribution is -2.26. The minimum Gasteiger partial charge on any atom is -0.383 e. The first-order valence-electron chi connectivity index (χ1n) is 10.9. The van der Waals surface area contributed by atoms with E-state index in [9.17, 15) is 21.6 Å². The number of para-hydroxylation sites is 1. The van der Waals surface area contributed by atoms with Gasteiger partial charge in [-0.2, -0.15) is 4.99 Å². The van der Waals surface area contributed by atoms with Crippen LogP contribution in [0.5, 0.6) is 0 Å². The fourth-order valence-corrected chi connectivity index (χ4v) is 6.47. The van der Waals surface area contributed by atoms with Gasteiger partial charge in [-0.15, -0.1) is 0 Å². The van der Waals surface area contributed by atoms with Crippen molar-refractivity contribution in [1.29, 1.82) is 0 Å². The summed E-state index contributed by atoms with van der Waals surface area (Å²) in [6.07, 6.45) is 0. The molecule has 0 unspecified atom stereocenters. The van der Waals surface area contributed by atoms with Gasteiger partial charge in [-0.1, -0.05) is 29.5 Å². The molecular weight excluding hydrogens is 536 g/mol. The molecule has 13 heteroatoms. The predicted molar refractivity (Wildman–Crippen MR) is 141 cm³/mol. The van der Waals surface area contributed by atoms with Crippen LogP contribution in [0, 0.1) is 0 Å². The number of thiazole rings is 1. The number of methoxy groups -OCH3 is 1. The van der Waals surface area contributed by atoms with Crippen LogP contribution in [0.25, 0.3) is 10.2 Å². The standard InChI is InChI=1S/C24H24N4O6S3/c1-27(18-6-4-3-5-7-18)37(32,33)19-10-8-17(9-11-19)23(29)26-24-28(14-15-34-2)21-13-12-20(36(25,30)31)16-22(21)35-24/h3-13,16H,14-15H2,1-2H3,(H2,25,30,31). The summed E-state index contributed by atoms with van der Waals surface area (Å²) < 4.78 is 58.2. The molecule has 0 saturated heterocycles. The van der Waals surface area contributed by atoms with E-state index in [-0.39, 0.29) is 15.4 Å². The molecule has 4 rings (SSSR count). The van der Waals surface area contributed by atoms with Crippen molar-refractivity contribution in [2.45, 2.75) is 16.3 Å². The van der Waals surface area contributed by atoms with Gasteiger partial charge in [0, 0.05) is 26.3 Å². The summed E-state index contributed by atoms with van der Waals surface area (Å²) in [5.41, 5.74) is 1.38. The average Bonchev–Trinajstić information content (AvgIpc) is 3.23. The smallest absolute Gasteiger partial charge is 0.279 e. The van der Waals surface area contributed by atoms with E-state index in [0.717, 1.165) is 11.3 Å². The summed E-state index contributed by atoms with van der Waals surface area (Å²) >= 11 is 1.13. The Balaban J connectivity index is 1.69. The first kappa shape index (κ1) is 26.7. The number of rotatable bonds is 8. The highest BCUT2D eigenvalue weighted by atomic mass is 32.2. The zero-order chi connectivity index (χ0) is 26.8. The van der Waals surface area contributed by atoms with E-state index in [0.29, 0.717) is 33.9 Å². The van der Waals surface area contributed by atoms with Crippen molar-refractivity contribution in [3.63, 3.8) is 0 Å². The van der Waals surface area contributed by atoms with E-state index < -0.39 is 26.0 Å². The molecule has 0 fully saturated rings. The lowest BCUT2D eigenvalue weighted by molar-refractivity contribution is 0.0997. The lowest BCUT2D eigenvalue weighted by Gasteiger charge is -2.19. The van der Waals surface area contributed by atoms with Gasteiger partial charge >= 0.3 is 0 Å². The molecule has 2 N–H and O–H groups in total. The van der Waals surface area contributed by atoms with Crippen LogP contribution in [-0.2, 0) is 31.3 Å². The van der Waals surface area contributed by atoms with Gasteiger partial charge in [0.2, 0.25) is 10.0 Å². The van der Waals surface area contributed by atoms with Gasteiger partial charge in [-0.3, -0.25) is 9.10 Å². The monoisotopic (exact) mass is 560 g/mol. The van der Waals surface area contributed by atoms with Crippen LogP contribution in [0.4, 0.5) is 5.69 Å². The minimum absolute atomic E-state index is 0.0305. The number of hydrogen-bond acceptors (Lipinski definition) is 7. The molecule has 4 aromatic rings. The van der Waals surface area contributed by atoms with Crippen LogP contribution < -0.4 is 14.2 Å². The van der Waals surface area contributed by atoms with E-state index >= 15 is 0 Å². The Morgan fingerprint density at radius 3 is 2.27 bits per heavy atom. The maximum atomic E-state index is 13.0. The number of amides is 1. The number of primary sulfonamides is 1. The molecule has 1 heterocycles. The van der Waals surface area contributed by atoms with Crippen LogP contribution in [0.1, 0.15) is 10.4 Å². The van der Waals surface area contributed by atoms with Crippen molar-refractivity contribution in [1.82, 2.24) is 4.57 Å². The molecule has 0 aliphatic carbocycles. The van der Waals surface area contributed by atoms with Crippen LogP contribution in [0.2, 0.25) is 0 Å². The maximum absolute atomic E-state index is 13.0. The largest absolute Gasteiger partial charge is 0.383 e. The molecule has 37 heavy (non-hydrogen) atoms. The number of aromatic nitrogens is 1. The fraction of sp³-hybridized carbons (Fsp3) is 0.167. The Bertz CT molecular complexity index is 1730. The van der Waals surface area contributed by atoms with Gasteiger partial charge in [0.25, 0.3) is 15.9 Å². The van der Waals surface area contributed by atoms with Gasteiger partial charge < -0.3 is 9.30 Å². The van der Waals surface area contributed by atoms with Crippen molar-refractivity contribution < 1.29 is 26.4 Å². The van der Waals surface area contributed by atoms with Crippen molar-refractivity contribution in [2.24, 2.45) is 10.1 Å². The molecule has 1 aromatic heterocycles. The van der Waals surface area contributed by atoms with E-state index in [4.69, 9.17) is 9.88 Å². The van der Waals surface area contributed by atoms with E-state index in [1.54, 1.807) is 48.1 Å². The summed E-state index contributed by atoms with van der Waals surface area (Å²) in [6, 6.07) is 18.6. The van der Waals surface area contributed by atoms with E-state index in [1.807, 2.05) is 0 Å². The number of benzene rings is 3. The Labute approximate surface area is 218 Å². The minimum atomic E-state index is -3.90. The van der Waals surface area contributed by atoms with Crippen LogP contribution in [0.3, 0.4) is 0 Å².